The van der Waals surface area contributed by atoms with Gasteiger partial charge in [0.05, 0.1) is 12.0 Å². The quantitative estimate of drug-likeness (QED) is 0.675. The van der Waals surface area contributed by atoms with E-state index in [4.69, 9.17) is 0 Å². The van der Waals surface area contributed by atoms with Crippen LogP contribution in [0.1, 0.15) is 62.5 Å². The number of amides is 1. The summed E-state index contributed by atoms with van der Waals surface area (Å²) < 4.78 is 29.2. The molecule has 2 aromatic heterocycles. The van der Waals surface area contributed by atoms with Gasteiger partial charge in [-0.3, -0.25) is 14.5 Å². The lowest BCUT2D eigenvalue weighted by Crippen LogP contribution is -2.52. The van der Waals surface area contributed by atoms with Crippen molar-refractivity contribution in [3.8, 4) is 0 Å². The van der Waals surface area contributed by atoms with Crippen LogP contribution < -0.4 is 10.9 Å². The van der Waals surface area contributed by atoms with E-state index in [2.05, 4.69) is 15.3 Å². The highest BCUT2D eigenvalue weighted by Crippen LogP contribution is 2.40. The number of hydrogen-bond acceptors (Lipinski definition) is 4. The number of anilines is 1. The first-order valence-corrected chi connectivity index (χ1v) is 11.9. The van der Waals surface area contributed by atoms with Crippen molar-refractivity contribution in [1.29, 1.82) is 0 Å². The van der Waals surface area contributed by atoms with Crippen molar-refractivity contribution in [2.45, 2.75) is 69.8 Å². The van der Waals surface area contributed by atoms with Crippen molar-refractivity contribution in [2.75, 3.05) is 18.4 Å². The summed E-state index contributed by atoms with van der Waals surface area (Å²) in [5.74, 6) is -3.07. The van der Waals surface area contributed by atoms with Gasteiger partial charge in [0.25, 0.3) is 5.92 Å². The number of likely N-dealkylation sites (tertiary alicyclic amines) is 1. The summed E-state index contributed by atoms with van der Waals surface area (Å²) >= 11 is 0. The summed E-state index contributed by atoms with van der Waals surface area (Å²) in [6.07, 6.45) is 10.3. The molecule has 1 aliphatic heterocycles. The van der Waals surface area contributed by atoms with Crippen molar-refractivity contribution >= 4 is 11.7 Å². The summed E-state index contributed by atoms with van der Waals surface area (Å²) in [4.78, 5) is 32.8. The molecule has 3 heterocycles. The molecule has 1 amide bonds. The first kappa shape index (κ1) is 23.5. The summed E-state index contributed by atoms with van der Waals surface area (Å²) in [6.45, 7) is 1.87. The molecule has 2 fully saturated rings. The van der Waals surface area contributed by atoms with Crippen LogP contribution in [0.5, 0.6) is 0 Å². The maximum Gasteiger partial charge on any atom is 0.257 e. The number of H-pyrrole nitrogens is 1. The van der Waals surface area contributed by atoms with E-state index in [-0.39, 0.29) is 31.0 Å². The first-order valence-electron chi connectivity index (χ1n) is 11.9. The van der Waals surface area contributed by atoms with Crippen LogP contribution in [0.4, 0.5) is 14.6 Å². The van der Waals surface area contributed by atoms with E-state index in [0.29, 0.717) is 17.3 Å². The Morgan fingerprint density at radius 3 is 2.70 bits per heavy atom. The summed E-state index contributed by atoms with van der Waals surface area (Å²) in [5.41, 5.74) is 1.21. The highest BCUT2D eigenvalue weighted by atomic mass is 19.3. The van der Waals surface area contributed by atoms with Gasteiger partial charge in [0.2, 0.25) is 11.5 Å². The molecule has 4 rings (SSSR count). The molecule has 0 bridgehead atoms. The number of nitrogens with one attached hydrogen (secondary N) is 2. The molecular weight excluding hydrogens is 426 g/mol. The average molecular weight is 459 g/mol. The summed E-state index contributed by atoms with van der Waals surface area (Å²) in [6, 6.07) is 5.93. The number of carbonyl (C=O) groups excluding carboxylic acids is 1. The molecule has 33 heavy (non-hydrogen) atoms. The zero-order valence-electron chi connectivity index (χ0n) is 19.0. The standard InChI is InChI=1S/C25H32F2N4O2/c1-17(31-12-11-25(26,27)21(16-31)20-8-10-23(32)29-15-20)24(33)30-22-9-7-19(14-28-22)13-18-5-3-2-4-6-18/h7-10,14-15,17-18,21H,2-6,11-13,16H2,1H3,(H,29,32)(H,28,30,33). The van der Waals surface area contributed by atoms with E-state index < -0.39 is 17.9 Å². The monoisotopic (exact) mass is 458 g/mol. The fourth-order valence-corrected chi connectivity index (χ4v) is 5.01. The third kappa shape index (κ3) is 5.85. The zero-order valence-corrected chi connectivity index (χ0v) is 19.0. The number of nitrogens with zero attached hydrogens (tertiary/aromatic N) is 2. The lowest BCUT2D eigenvalue weighted by molar-refractivity contribution is -0.125. The molecule has 2 atom stereocenters. The molecule has 2 unspecified atom stereocenters. The van der Waals surface area contributed by atoms with Gasteiger partial charge in [-0.05, 0) is 36.5 Å². The van der Waals surface area contributed by atoms with Crippen molar-refractivity contribution in [2.24, 2.45) is 5.92 Å². The molecule has 178 valence electrons. The topological polar surface area (TPSA) is 78.1 Å². The Balaban J connectivity index is 1.36. The van der Waals surface area contributed by atoms with E-state index in [1.54, 1.807) is 11.8 Å². The molecule has 1 saturated heterocycles. The minimum absolute atomic E-state index is 0.0292. The van der Waals surface area contributed by atoms with Crippen LogP contribution in [-0.4, -0.2) is 45.8 Å². The summed E-state index contributed by atoms with van der Waals surface area (Å²) in [7, 11) is 0. The van der Waals surface area contributed by atoms with E-state index >= 15 is 0 Å². The first-order chi connectivity index (χ1) is 15.8. The number of hydrogen-bond donors (Lipinski definition) is 2. The molecule has 2 aliphatic rings. The molecule has 1 aliphatic carbocycles. The Kier molecular flexibility index (Phi) is 7.22. The molecule has 2 N–H and O–H groups in total. The van der Waals surface area contributed by atoms with E-state index in [1.165, 1.54) is 56.0 Å². The lowest BCUT2D eigenvalue weighted by Gasteiger charge is -2.40. The van der Waals surface area contributed by atoms with Crippen molar-refractivity contribution in [1.82, 2.24) is 14.9 Å². The molecule has 0 aromatic carbocycles. The highest BCUT2D eigenvalue weighted by Gasteiger charge is 2.46. The van der Waals surface area contributed by atoms with Gasteiger partial charge in [-0.2, -0.15) is 0 Å². The summed E-state index contributed by atoms with van der Waals surface area (Å²) in [5, 5.41) is 2.83. The smallest absolute Gasteiger partial charge is 0.257 e. The molecular formula is C25H32F2N4O2. The minimum Gasteiger partial charge on any atom is -0.329 e. The largest absolute Gasteiger partial charge is 0.329 e. The van der Waals surface area contributed by atoms with Crippen molar-refractivity contribution in [3.05, 3.63) is 58.1 Å². The van der Waals surface area contributed by atoms with Gasteiger partial charge in [0.1, 0.15) is 5.82 Å². The minimum atomic E-state index is -2.90. The SMILES string of the molecule is CC(C(=O)Nc1ccc(CC2CCCCC2)cn1)N1CCC(F)(F)C(c2ccc(=O)[nH]c2)C1. The normalized spacial score (nSPS) is 22.6. The van der Waals surface area contributed by atoms with Crippen LogP contribution >= 0.6 is 0 Å². The second kappa shape index (κ2) is 10.1. The van der Waals surface area contributed by atoms with E-state index in [1.807, 2.05) is 18.3 Å². The van der Waals surface area contributed by atoms with Gasteiger partial charge in [-0.15, -0.1) is 0 Å². The Bertz CT molecular complexity index is 982. The molecule has 6 nitrogen and oxygen atoms in total. The van der Waals surface area contributed by atoms with E-state index in [9.17, 15) is 18.4 Å². The van der Waals surface area contributed by atoms with Gasteiger partial charge >= 0.3 is 0 Å². The van der Waals surface area contributed by atoms with Gasteiger partial charge < -0.3 is 10.3 Å². The van der Waals surface area contributed by atoms with Crippen LogP contribution in [0.15, 0.2) is 41.5 Å². The maximum absolute atomic E-state index is 14.6. The van der Waals surface area contributed by atoms with Crippen LogP contribution in [0.25, 0.3) is 0 Å². The number of carbonyl (C=O) groups is 1. The number of halogens is 2. The lowest BCUT2D eigenvalue weighted by atomic mass is 9.85. The predicted molar refractivity (Wildman–Crippen MR) is 124 cm³/mol. The maximum atomic E-state index is 14.6. The molecule has 0 radical (unpaired) electrons. The van der Waals surface area contributed by atoms with E-state index in [0.717, 1.165) is 6.42 Å². The molecule has 1 saturated carbocycles. The van der Waals surface area contributed by atoms with Gasteiger partial charge in [0, 0.05) is 38.0 Å². The van der Waals surface area contributed by atoms with Gasteiger partial charge in [-0.25, -0.2) is 13.8 Å². The Hall–Kier alpha value is -2.61. The fourth-order valence-electron chi connectivity index (χ4n) is 5.01. The second-order valence-electron chi connectivity index (χ2n) is 9.47. The van der Waals surface area contributed by atoms with Crippen LogP contribution in [-0.2, 0) is 11.2 Å². The Morgan fingerprint density at radius 2 is 2.03 bits per heavy atom. The number of aromatic nitrogens is 2. The van der Waals surface area contributed by atoms with Crippen LogP contribution in [0.3, 0.4) is 0 Å². The number of alkyl halides is 2. The Labute approximate surface area is 192 Å². The van der Waals surface area contributed by atoms with Gasteiger partial charge in [0.15, 0.2) is 0 Å². The van der Waals surface area contributed by atoms with Gasteiger partial charge in [-0.1, -0.05) is 44.2 Å². The third-order valence-electron chi connectivity index (χ3n) is 7.12. The second-order valence-corrected chi connectivity index (χ2v) is 9.47. The molecule has 0 spiro atoms. The zero-order chi connectivity index (χ0) is 23.4. The van der Waals surface area contributed by atoms with Crippen molar-refractivity contribution in [3.63, 3.8) is 0 Å². The average Bonchev–Trinajstić information content (AvgIpc) is 2.81. The number of piperidine rings is 1. The number of rotatable bonds is 6. The van der Waals surface area contributed by atoms with Crippen molar-refractivity contribution < 1.29 is 13.6 Å². The predicted octanol–water partition coefficient (Wildman–Crippen LogP) is 4.34. The molecule has 2 aromatic rings. The van der Waals surface area contributed by atoms with Crippen LogP contribution in [0.2, 0.25) is 0 Å². The molecule has 8 heteroatoms. The number of pyridine rings is 2. The Morgan fingerprint density at radius 1 is 1.24 bits per heavy atom. The highest BCUT2D eigenvalue weighted by molar-refractivity contribution is 5.93. The fraction of sp³-hybridized carbons (Fsp3) is 0.560. The number of aromatic amines is 1. The van der Waals surface area contributed by atoms with Crippen LogP contribution in [0, 0.1) is 5.92 Å². The third-order valence-corrected chi connectivity index (χ3v) is 7.12.